The molecular weight excluding hydrogens is 267 g/mol. The Balaban J connectivity index is 2.96. The molecule has 0 radical (unpaired) electrons. The molecule has 0 aliphatic rings. The summed E-state index contributed by atoms with van der Waals surface area (Å²) in [5, 5.41) is 0.510. The highest BCUT2D eigenvalue weighted by Crippen LogP contribution is 2.39. The van der Waals surface area contributed by atoms with E-state index in [-0.39, 0.29) is 0 Å². The minimum Gasteiger partial charge on any atom is -0.494 e. The van der Waals surface area contributed by atoms with Gasteiger partial charge in [-0.3, -0.25) is 0 Å². The Hall–Kier alpha value is -0.410. The predicted molar refractivity (Wildman–Crippen MR) is 61.5 cm³/mol. The van der Waals surface area contributed by atoms with Gasteiger partial charge < -0.3 is 9.47 Å². The maximum atomic E-state index is 6.07. The highest BCUT2D eigenvalue weighted by atomic mass is 79.9. The number of benzene rings is 1. The van der Waals surface area contributed by atoms with Gasteiger partial charge in [-0.15, -0.1) is 0 Å². The number of rotatable bonds is 4. The standard InChI is InChI=1S/C10H12BrClO2/c1-3-6-14-8-5-4-7(11)10(13-2)9(8)12/h4-5H,3,6H2,1-2H3. The fourth-order valence-corrected chi connectivity index (χ4v) is 1.93. The van der Waals surface area contributed by atoms with E-state index in [4.69, 9.17) is 21.1 Å². The lowest BCUT2D eigenvalue weighted by molar-refractivity contribution is 0.314. The molecule has 1 aromatic rings. The van der Waals surface area contributed by atoms with Crippen molar-refractivity contribution >= 4 is 27.5 Å². The lowest BCUT2D eigenvalue weighted by Gasteiger charge is -2.11. The van der Waals surface area contributed by atoms with Crippen LogP contribution in [0, 0.1) is 0 Å². The Kier molecular flexibility index (Phi) is 4.55. The molecule has 0 amide bonds. The van der Waals surface area contributed by atoms with E-state index in [1.165, 1.54) is 0 Å². The predicted octanol–water partition coefficient (Wildman–Crippen LogP) is 3.90. The van der Waals surface area contributed by atoms with Crippen LogP contribution in [0.15, 0.2) is 16.6 Å². The van der Waals surface area contributed by atoms with Crippen LogP contribution in [0.4, 0.5) is 0 Å². The second-order valence-corrected chi connectivity index (χ2v) is 3.97. The minimum atomic E-state index is 0.510. The summed E-state index contributed by atoms with van der Waals surface area (Å²) in [5.74, 6) is 1.27. The van der Waals surface area contributed by atoms with Gasteiger partial charge in [0.15, 0.2) is 5.75 Å². The van der Waals surface area contributed by atoms with Crippen LogP contribution in [0.25, 0.3) is 0 Å². The molecule has 0 heterocycles. The van der Waals surface area contributed by atoms with E-state index < -0.39 is 0 Å². The average Bonchev–Trinajstić information content (AvgIpc) is 2.18. The SMILES string of the molecule is CCCOc1ccc(Br)c(OC)c1Cl. The first-order valence-electron chi connectivity index (χ1n) is 4.35. The van der Waals surface area contributed by atoms with Crippen molar-refractivity contribution in [3.63, 3.8) is 0 Å². The normalized spacial score (nSPS) is 10.0. The molecule has 0 aliphatic heterocycles. The van der Waals surface area contributed by atoms with Crippen molar-refractivity contribution in [2.75, 3.05) is 13.7 Å². The van der Waals surface area contributed by atoms with E-state index >= 15 is 0 Å². The highest BCUT2D eigenvalue weighted by Gasteiger charge is 2.11. The summed E-state index contributed by atoms with van der Waals surface area (Å²) < 4.78 is 11.4. The number of hydrogen-bond donors (Lipinski definition) is 0. The monoisotopic (exact) mass is 278 g/mol. The zero-order valence-electron chi connectivity index (χ0n) is 8.14. The van der Waals surface area contributed by atoms with Gasteiger partial charge in [0.1, 0.15) is 10.8 Å². The van der Waals surface area contributed by atoms with Crippen LogP contribution in [0.5, 0.6) is 11.5 Å². The summed E-state index contributed by atoms with van der Waals surface area (Å²) in [6.45, 7) is 2.70. The number of halogens is 2. The Morgan fingerprint density at radius 3 is 2.71 bits per heavy atom. The molecule has 14 heavy (non-hydrogen) atoms. The highest BCUT2D eigenvalue weighted by molar-refractivity contribution is 9.10. The fraction of sp³-hybridized carbons (Fsp3) is 0.400. The fourth-order valence-electron chi connectivity index (χ4n) is 1.03. The van der Waals surface area contributed by atoms with Crippen molar-refractivity contribution in [2.24, 2.45) is 0 Å². The molecule has 4 heteroatoms. The topological polar surface area (TPSA) is 18.5 Å². The molecule has 0 fully saturated rings. The summed E-state index contributed by atoms with van der Waals surface area (Å²) in [7, 11) is 1.58. The third-order valence-corrected chi connectivity index (χ3v) is 2.66. The van der Waals surface area contributed by atoms with E-state index in [1.807, 2.05) is 19.1 Å². The van der Waals surface area contributed by atoms with Gasteiger partial charge in [0, 0.05) is 0 Å². The maximum Gasteiger partial charge on any atom is 0.155 e. The molecule has 0 saturated carbocycles. The molecule has 1 aromatic carbocycles. The molecule has 2 nitrogen and oxygen atoms in total. The van der Waals surface area contributed by atoms with Crippen molar-refractivity contribution in [1.29, 1.82) is 0 Å². The van der Waals surface area contributed by atoms with Crippen LogP contribution in [0.1, 0.15) is 13.3 Å². The Morgan fingerprint density at radius 1 is 1.43 bits per heavy atom. The first kappa shape index (κ1) is 11.7. The third kappa shape index (κ3) is 2.55. The summed E-state index contributed by atoms with van der Waals surface area (Å²) in [4.78, 5) is 0. The molecule has 0 N–H and O–H groups in total. The van der Waals surface area contributed by atoms with Crippen LogP contribution in [0.3, 0.4) is 0 Å². The lowest BCUT2D eigenvalue weighted by atomic mass is 10.3. The van der Waals surface area contributed by atoms with E-state index in [0.717, 1.165) is 10.9 Å². The van der Waals surface area contributed by atoms with E-state index in [2.05, 4.69) is 15.9 Å². The van der Waals surface area contributed by atoms with Crippen molar-refractivity contribution in [3.05, 3.63) is 21.6 Å². The number of methoxy groups -OCH3 is 1. The molecule has 78 valence electrons. The zero-order valence-corrected chi connectivity index (χ0v) is 10.5. The van der Waals surface area contributed by atoms with Crippen LogP contribution in [-0.4, -0.2) is 13.7 Å². The molecule has 0 spiro atoms. The van der Waals surface area contributed by atoms with E-state index in [1.54, 1.807) is 7.11 Å². The molecule has 0 unspecified atom stereocenters. The van der Waals surface area contributed by atoms with E-state index in [0.29, 0.717) is 23.1 Å². The first-order chi connectivity index (χ1) is 6.70. The first-order valence-corrected chi connectivity index (χ1v) is 5.52. The smallest absolute Gasteiger partial charge is 0.155 e. The van der Waals surface area contributed by atoms with Gasteiger partial charge in [0.2, 0.25) is 0 Å². The molecule has 1 rings (SSSR count). The summed E-state index contributed by atoms with van der Waals surface area (Å²) in [5.41, 5.74) is 0. The van der Waals surface area contributed by atoms with Crippen molar-refractivity contribution in [2.45, 2.75) is 13.3 Å². The van der Waals surface area contributed by atoms with Crippen LogP contribution >= 0.6 is 27.5 Å². The van der Waals surface area contributed by atoms with Gasteiger partial charge in [-0.05, 0) is 34.5 Å². The van der Waals surface area contributed by atoms with Crippen molar-refractivity contribution < 1.29 is 9.47 Å². The van der Waals surface area contributed by atoms with Crippen LogP contribution in [-0.2, 0) is 0 Å². The summed E-state index contributed by atoms with van der Waals surface area (Å²) in [6.07, 6.45) is 0.953. The van der Waals surface area contributed by atoms with Crippen molar-refractivity contribution in [3.8, 4) is 11.5 Å². The quantitative estimate of drug-likeness (QED) is 0.832. The van der Waals surface area contributed by atoms with E-state index in [9.17, 15) is 0 Å². The number of hydrogen-bond acceptors (Lipinski definition) is 2. The number of ether oxygens (including phenoxy) is 2. The Labute approximate surface area is 97.3 Å². The lowest BCUT2D eigenvalue weighted by Crippen LogP contribution is -1.97. The van der Waals surface area contributed by atoms with Gasteiger partial charge in [-0.25, -0.2) is 0 Å². The van der Waals surface area contributed by atoms with Crippen LogP contribution in [0.2, 0.25) is 5.02 Å². The van der Waals surface area contributed by atoms with Gasteiger partial charge >= 0.3 is 0 Å². The van der Waals surface area contributed by atoms with Crippen LogP contribution < -0.4 is 9.47 Å². The maximum absolute atomic E-state index is 6.07. The molecule has 0 atom stereocenters. The molecule has 0 bridgehead atoms. The Bertz CT molecular complexity index is 315. The second kappa shape index (κ2) is 5.47. The van der Waals surface area contributed by atoms with Crippen molar-refractivity contribution in [1.82, 2.24) is 0 Å². The second-order valence-electron chi connectivity index (χ2n) is 2.74. The molecule has 0 saturated heterocycles. The van der Waals surface area contributed by atoms with Gasteiger partial charge in [-0.2, -0.15) is 0 Å². The molecule has 0 aromatic heterocycles. The van der Waals surface area contributed by atoms with Gasteiger partial charge in [0.05, 0.1) is 18.2 Å². The van der Waals surface area contributed by atoms with Gasteiger partial charge in [-0.1, -0.05) is 18.5 Å². The Morgan fingerprint density at radius 2 is 2.14 bits per heavy atom. The molecular formula is C10H12BrClO2. The third-order valence-electron chi connectivity index (χ3n) is 1.68. The summed E-state index contributed by atoms with van der Waals surface area (Å²) >= 11 is 9.41. The molecule has 0 aliphatic carbocycles. The zero-order chi connectivity index (χ0) is 10.6. The minimum absolute atomic E-state index is 0.510. The largest absolute Gasteiger partial charge is 0.494 e. The summed E-state index contributed by atoms with van der Waals surface area (Å²) in [6, 6.07) is 3.68. The average molecular weight is 280 g/mol. The van der Waals surface area contributed by atoms with Gasteiger partial charge in [0.25, 0.3) is 0 Å².